The van der Waals surface area contributed by atoms with Gasteiger partial charge in [-0.05, 0) is 36.8 Å². The van der Waals surface area contributed by atoms with Crippen molar-refractivity contribution in [1.29, 1.82) is 0 Å². The van der Waals surface area contributed by atoms with E-state index in [9.17, 15) is 0 Å². The number of nitrogens with two attached hydrogens (primary N) is 1. The van der Waals surface area contributed by atoms with E-state index in [0.29, 0.717) is 5.69 Å². The lowest BCUT2D eigenvalue weighted by molar-refractivity contribution is 1.35. The Kier molecular flexibility index (Phi) is 3.06. The Bertz CT molecular complexity index is 472. The van der Waals surface area contributed by atoms with Gasteiger partial charge in [-0.1, -0.05) is 18.2 Å². The van der Waals surface area contributed by atoms with E-state index in [4.69, 9.17) is 5.73 Å². The molecule has 2 nitrogen and oxygen atoms in total. The maximum Gasteiger partial charge on any atom is 0.0753 e. The van der Waals surface area contributed by atoms with Gasteiger partial charge in [0.15, 0.2) is 0 Å². The zero-order valence-electron chi connectivity index (χ0n) is 9.07. The van der Waals surface area contributed by atoms with Crippen molar-refractivity contribution in [3.05, 3.63) is 48.0 Å². The van der Waals surface area contributed by atoms with Crippen LogP contribution in [0.2, 0.25) is 0 Å². The first kappa shape index (κ1) is 10.9. The topological polar surface area (TPSA) is 38.0 Å². The molecular formula is C13H14N2S. The molecule has 0 saturated heterocycles. The summed E-state index contributed by atoms with van der Waals surface area (Å²) < 4.78 is 0. The van der Waals surface area contributed by atoms with Gasteiger partial charge in [-0.15, -0.1) is 12.6 Å². The van der Waals surface area contributed by atoms with Crippen molar-refractivity contribution < 1.29 is 0 Å². The zero-order chi connectivity index (χ0) is 11.5. The second-order valence-corrected chi connectivity index (χ2v) is 4.22. The highest BCUT2D eigenvalue weighted by molar-refractivity contribution is 7.80. The van der Waals surface area contributed by atoms with Gasteiger partial charge in [0.05, 0.1) is 11.4 Å². The van der Waals surface area contributed by atoms with E-state index in [2.05, 4.69) is 17.9 Å². The molecular weight excluding hydrogens is 216 g/mol. The monoisotopic (exact) mass is 230 g/mol. The minimum absolute atomic E-state index is 0.717. The second-order valence-electron chi connectivity index (χ2n) is 3.74. The van der Waals surface area contributed by atoms with Crippen molar-refractivity contribution in [2.45, 2.75) is 11.8 Å². The number of anilines is 3. The largest absolute Gasteiger partial charge is 0.397 e. The molecule has 0 atom stereocenters. The first-order valence-electron chi connectivity index (χ1n) is 5.08. The molecule has 0 aliphatic rings. The van der Waals surface area contributed by atoms with E-state index in [1.807, 2.05) is 49.4 Å². The number of para-hydroxylation sites is 1. The van der Waals surface area contributed by atoms with Crippen molar-refractivity contribution in [2.24, 2.45) is 0 Å². The SMILES string of the molecule is Cc1cc(N)c(Nc2ccccc2)c(S)c1. The van der Waals surface area contributed by atoms with Gasteiger partial charge >= 0.3 is 0 Å². The van der Waals surface area contributed by atoms with E-state index < -0.39 is 0 Å². The van der Waals surface area contributed by atoms with Crippen LogP contribution in [0.25, 0.3) is 0 Å². The van der Waals surface area contributed by atoms with Crippen LogP contribution in [0.4, 0.5) is 17.1 Å². The summed E-state index contributed by atoms with van der Waals surface area (Å²) in [6.07, 6.45) is 0. The Morgan fingerprint density at radius 2 is 1.81 bits per heavy atom. The molecule has 0 bridgehead atoms. The normalized spacial score (nSPS) is 10.1. The molecule has 2 aromatic rings. The first-order chi connectivity index (χ1) is 7.66. The number of hydrogen-bond donors (Lipinski definition) is 3. The van der Waals surface area contributed by atoms with Gasteiger partial charge in [0.1, 0.15) is 0 Å². The highest BCUT2D eigenvalue weighted by Gasteiger charge is 2.04. The fourth-order valence-corrected chi connectivity index (χ4v) is 1.99. The van der Waals surface area contributed by atoms with E-state index in [1.54, 1.807) is 0 Å². The quantitative estimate of drug-likeness (QED) is 0.544. The molecule has 3 heteroatoms. The number of hydrogen-bond acceptors (Lipinski definition) is 3. The molecule has 2 aromatic carbocycles. The Balaban J connectivity index is 2.35. The molecule has 0 fully saturated rings. The smallest absolute Gasteiger partial charge is 0.0753 e. The van der Waals surface area contributed by atoms with E-state index in [-0.39, 0.29) is 0 Å². The lowest BCUT2D eigenvalue weighted by atomic mass is 10.2. The maximum absolute atomic E-state index is 5.96. The molecule has 0 aromatic heterocycles. The van der Waals surface area contributed by atoms with Crippen LogP contribution in [0.1, 0.15) is 5.56 Å². The summed E-state index contributed by atoms with van der Waals surface area (Å²) in [5.41, 5.74) is 9.66. The van der Waals surface area contributed by atoms with Crippen molar-refractivity contribution in [1.82, 2.24) is 0 Å². The number of nitrogens with one attached hydrogen (secondary N) is 1. The molecule has 0 radical (unpaired) electrons. The van der Waals surface area contributed by atoms with Crippen LogP contribution in [-0.4, -0.2) is 0 Å². The lowest BCUT2D eigenvalue weighted by Gasteiger charge is -2.12. The predicted octanol–water partition coefficient (Wildman–Crippen LogP) is 3.61. The molecule has 82 valence electrons. The molecule has 0 heterocycles. The van der Waals surface area contributed by atoms with Gasteiger partial charge in [0, 0.05) is 10.6 Å². The molecule has 0 unspecified atom stereocenters. The number of rotatable bonds is 2. The van der Waals surface area contributed by atoms with Gasteiger partial charge in [0.25, 0.3) is 0 Å². The summed E-state index contributed by atoms with van der Waals surface area (Å²) in [7, 11) is 0. The summed E-state index contributed by atoms with van der Waals surface area (Å²) >= 11 is 4.43. The minimum Gasteiger partial charge on any atom is -0.397 e. The fourth-order valence-electron chi connectivity index (χ4n) is 1.60. The molecule has 0 aliphatic carbocycles. The average molecular weight is 230 g/mol. The van der Waals surface area contributed by atoms with Crippen molar-refractivity contribution in [3.63, 3.8) is 0 Å². The molecule has 0 amide bonds. The van der Waals surface area contributed by atoms with E-state index in [1.165, 1.54) is 0 Å². The molecule has 0 aliphatic heterocycles. The van der Waals surface area contributed by atoms with E-state index >= 15 is 0 Å². The summed E-state index contributed by atoms with van der Waals surface area (Å²) in [5, 5.41) is 3.27. The van der Waals surface area contributed by atoms with Gasteiger partial charge in [-0.25, -0.2) is 0 Å². The third-order valence-electron chi connectivity index (χ3n) is 2.34. The number of nitrogen functional groups attached to an aromatic ring is 1. The number of benzene rings is 2. The number of aryl methyl sites for hydroxylation is 1. The van der Waals surface area contributed by atoms with Crippen molar-refractivity contribution in [2.75, 3.05) is 11.1 Å². The summed E-state index contributed by atoms with van der Waals surface area (Å²) in [6.45, 7) is 2.00. The van der Waals surface area contributed by atoms with Crippen LogP contribution < -0.4 is 11.1 Å². The molecule has 16 heavy (non-hydrogen) atoms. The number of thiol groups is 1. The average Bonchev–Trinajstić information content (AvgIpc) is 2.25. The Hall–Kier alpha value is -1.61. The first-order valence-corrected chi connectivity index (χ1v) is 5.52. The zero-order valence-corrected chi connectivity index (χ0v) is 9.96. The highest BCUT2D eigenvalue weighted by Crippen LogP contribution is 2.31. The fraction of sp³-hybridized carbons (Fsp3) is 0.0769. The van der Waals surface area contributed by atoms with Crippen molar-refractivity contribution >= 4 is 29.7 Å². The maximum atomic E-state index is 5.96. The lowest BCUT2D eigenvalue weighted by Crippen LogP contribution is -1.98. The summed E-state index contributed by atoms with van der Waals surface area (Å²) in [6, 6.07) is 13.8. The summed E-state index contributed by atoms with van der Waals surface area (Å²) in [4.78, 5) is 0.862. The van der Waals surface area contributed by atoms with Crippen LogP contribution in [0, 0.1) is 6.92 Å². The Morgan fingerprint density at radius 3 is 2.44 bits per heavy atom. The molecule has 2 rings (SSSR count). The van der Waals surface area contributed by atoms with Gasteiger partial charge < -0.3 is 11.1 Å². The van der Waals surface area contributed by atoms with Crippen LogP contribution in [0.15, 0.2) is 47.4 Å². The van der Waals surface area contributed by atoms with Gasteiger partial charge in [-0.2, -0.15) is 0 Å². The van der Waals surface area contributed by atoms with E-state index in [0.717, 1.165) is 21.8 Å². The molecule has 0 saturated carbocycles. The minimum atomic E-state index is 0.717. The predicted molar refractivity (Wildman–Crippen MR) is 72.6 cm³/mol. The standard InChI is InChI=1S/C13H14N2S/c1-9-7-11(14)13(12(16)8-9)15-10-5-3-2-4-6-10/h2-8,15-16H,14H2,1H3. The molecule has 0 spiro atoms. The molecule has 3 N–H and O–H groups in total. The van der Waals surface area contributed by atoms with Gasteiger partial charge in [0.2, 0.25) is 0 Å². The van der Waals surface area contributed by atoms with Crippen LogP contribution >= 0.6 is 12.6 Å². The Morgan fingerprint density at radius 1 is 1.12 bits per heavy atom. The third-order valence-corrected chi connectivity index (χ3v) is 2.69. The highest BCUT2D eigenvalue weighted by atomic mass is 32.1. The summed E-state index contributed by atoms with van der Waals surface area (Å²) in [5.74, 6) is 0. The Labute approximate surface area is 101 Å². The van der Waals surface area contributed by atoms with Crippen molar-refractivity contribution in [3.8, 4) is 0 Å². The second kappa shape index (κ2) is 4.49. The van der Waals surface area contributed by atoms with Gasteiger partial charge in [-0.3, -0.25) is 0 Å². The van der Waals surface area contributed by atoms with Crippen LogP contribution in [0.3, 0.4) is 0 Å². The van der Waals surface area contributed by atoms with Crippen LogP contribution in [-0.2, 0) is 0 Å². The van der Waals surface area contributed by atoms with Crippen LogP contribution in [0.5, 0.6) is 0 Å². The third kappa shape index (κ3) is 2.31.